The van der Waals surface area contributed by atoms with Crippen molar-refractivity contribution >= 4 is 9.84 Å². The Morgan fingerprint density at radius 1 is 1.61 bits per heavy atom. The first-order valence-electron chi connectivity index (χ1n) is 6.42. The average Bonchev–Trinajstić information content (AvgIpc) is 2.84. The zero-order valence-electron chi connectivity index (χ0n) is 11.0. The highest BCUT2D eigenvalue weighted by atomic mass is 32.2. The summed E-state index contributed by atoms with van der Waals surface area (Å²) in [5.74, 6) is 0.970. The van der Waals surface area contributed by atoms with Crippen LogP contribution in [0.2, 0.25) is 0 Å². The Labute approximate surface area is 108 Å². The maximum atomic E-state index is 11.5. The van der Waals surface area contributed by atoms with E-state index in [9.17, 15) is 8.42 Å². The van der Waals surface area contributed by atoms with Gasteiger partial charge in [0.15, 0.2) is 9.84 Å². The van der Waals surface area contributed by atoms with Crippen LogP contribution in [0.5, 0.6) is 0 Å². The molecule has 1 aliphatic heterocycles. The predicted molar refractivity (Wildman–Crippen MR) is 71.0 cm³/mol. The van der Waals surface area contributed by atoms with Gasteiger partial charge in [-0.05, 0) is 25.3 Å². The lowest BCUT2D eigenvalue weighted by Gasteiger charge is -2.19. The van der Waals surface area contributed by atoms with Crippen molar-refractivity contribution in [1.29, 1.82) is 0 Å². The van der Waals surface area contributed by atoms with Crippen molar-refractivity contribution in [2.24, 2.45) is 13.0 Å². The molecule has 0 saturated carbocycles. The summed E-state index contributed by atoms with van der Waals surface area (Å²) in [5, 5.41) is 7.60. The van der Waals surface area contributed by atoms with E-state index >= 15 is 0 Å². The molecule has 0 aromatic carbocycles. The molecule has 0 amide bonds. The van der Waals surface area contributed by atoms with Gasteiger partial charge in [0.1, 0.15) is 0 Å². The Bertz CT molecular complexity index is 495. The van der Waals surface area contributed by atoms with Crippen LogP contribution in [0.15, 0.2) is 12.4 Å². The molecule has 0 aliphatic carbocycles. The number of sulfone groups is 1. The lowest BCUT2D eigenvalue weighted by Crippen LogP contribution is -2.23. The van der Waals surface area contributed by atoms with Gasteiger partial charge in [0.25, 0.3) is 0 Å². The van der Waals surface area contributed by atoms with E-state index in [1.807, 2.05) is 19.4 Å². The SMILES string of the molecule is CCNC(CC1CCS(=O)(=O)C1)c1cnn(C)c1. The van der Waals surface area contributed by atoms with Gasteiger partial charge in [0.05, 0.1) is 17.7 Å². The van der Waals surface area contributed by atoms with Crippen molar-refractivity contribution < 1.29 is 8.42 Å². The topological polar surface area (TPSA) is 64.0 Å². The molecule has 5 nitrogen and oxygen atoms in total. The van der Waals surface area contributed by atoms with Gasteiger partial charge in [0, 0.05) is 24.8 Å². The van der Waals surface area contributed by atoms with E-state index in [2.05, 4.69) is 17.3 Å². The van der Waals surface area contributed by atoms with Gasteiger partial charge < -0.3 is 5.32 Å². The molecule has 2 atom stereocenters. The van der Waals surface area contributed by atoms with Crippen LogP contribution in [0.1, 0.15) is 31.4 Å². The highest BCUT2D eigenvalue weighted by Gasteiger charge is 2.30. The molecule has 1 fully saturated rings. The lowest BCUT2D eigenvalue weighted by molar-refractivity contribution is 0.421. The van der Waals surface area contributed by atoms with Crippen molar-refractivity contribution in [3.63, 3.8) is 0 Å². The highest BCUT2D eigenvalue weighted by molar-refractivity contribution is 7.91. The Morgan fingerprint density at radius 3 is 2.89 bits per heavy atom. The summed E-state index contributed by atoms with van der Waals surface area (Å²) in [7, 11) is -0.886. The second-order valence-corrected chi connectivity index (χ2v) is 7.29. The molecule has 2 unspecified atom stereocenters. The third-order valence-electron chi connectivity index (χ3n) is 3.47. The third-order valence-corrected chi connectivity index (χ3v) is 5.31. The van der Waals surface area contributed by atoms with Crippen LogP contribution in [0.25, 0.3) is 0 Å². The van der Waals surface area contributed by atoms with E-state index in [1.165, 1.54) is 0 Å². The molecule has 1 saturated heterocycles. The largest absolute Gasteiger partial charge is 0.310 e. The number of nitrogens with zero attached hydrogens (tertiary/aromatic N) is 2. The quantitative estimate of drug-likeness (QED) is 0.864. The van der Waals surface area contributed by atoms with Crippen LogP contribution < -0.4 is 5.32 Å². The fourth-order valence-electron chi connectivity index (χ4n) is 2.59. The summed E-state index contributed by atoms with van der Waals surface area (Å²) in [6, 6.07) is 0.210. The van der Waals surface area contributed by atoms with E-state index in [-0.39, 0.29) is 12.0 Å². The zero-order chi connectivity index (χ0) is 13.2. The molecule has 2 rings (SSSR count). The molecule has 1 aliphatic rings. The maximum absolute atomic E-state index is 11.5. The van der Waals surface area contributed by atoms with E-state index in [0.717, 1.165) is 24.9 Å². The molecular formula is C12H21N3O2S. The minimum Gasteiger partial charge on any atom is -0.310 e. The van der Waals surface area contributed by atoms with Crippen molar-refractivity contribution in [3.05, 3.63) is 18.0 Å². The predicted octanol–water partition coefficient (Wildman–Crippen LogP) is 0.895. The van der Waals surface area contributed by atoms with Crippen LogP contribution >= 0.6 is 0 Å². The number of aromatic nitrogens is 2. The first-order chi connectivity index (χ1) is 8.50. The molecule has 0 spiro atoms. The van der Waals surface area contributed by atoms with Gasteiger partial charge >= 0.3 is 0 Å². The fraction of sp³-hybridized carbons (Fsp3) is 0.750. The van der Waals surface area contributed by atoms with Crippen molar-refractivity contribution in [3.8, 4) is 0 Å². The van der Waals surface area contributed by atoms with Gasteiger partial charge in [-0.15, -0.1) is 0 Å². The molecule has 1 aromatic heterocycles. The smallest absolute Gasteiger partial charge is 0.150 e. The zero-order valence-corrected chi connectivity index (χ0v) is 11.8. The Hall–Kier alpha value is -0.880. The summed E-state index contributed by atoms with van der Waals surface area (Å²) >= 11 is 0. The van der Waals surface area contributed by atoms with Crippen LogP contribution in [-0.2, 0) is 16.9 Å². The van der Waals surface area contributed by atoms with E-state index in [1.54, 1.807) is 4.68 Å². The highest BCUT2D eigenvalue weighted by Crippen LogP contribution is 2.28. The van der Waals surface area contributed by atoms with Gasteiger partial charge in [0.2, 0.25) is 0 Å². The van der Waals surface area contributed by atoms with Crippen molar-refractivity contribution in [2.75, 3.05) is 18.1 Å². The molecule has 2 heterocycles. The Kier molecular flexibility index (Phi) is 4.07. The minimum atomic E-state index is -2.78. The third kappa shape index (κ3) is 3.32. The normalized spacial score (nSPS) is 24.2. The number of hydrogen-bond acceptors (Lipinski definition) is 4. The van der Waals surface area contributed by atoms with E-state index in [4.69, 9.17) is 0 Å². The van der Waals surface area contributed by atoms with Crippen molar-refractivity contribution in [1.82, 2.24) is 15.1 Å². The van der Waals surface area contributed by atoms with Gasteiger partial charge in [-0.25, -0.2) is 8.42 Å². The molecule has 0 radical (unpaired) electrons. The van der Waals surface area contributed by atoms with Gasteiger partial charge in [-0.3, -0.25) is 4.68 Å². The first-order valence-corrected chi connectivity index (χ1v) is 8.24. The molecule has 18 heavy (non-hydrogen) atoms. The Morgan fingerprint density at radius 2 is 2.39 bits per heavy atom. The molecule has 0 bridgehead atoms. The molecule has 1 N–H and O–H groups in total. The molecular weight excluding hydrogens is 250 g/mol. The summed E-state index contributed by atoms with van der Waals surface area (Å²) in [6.45, 7) is 2.94. The summed E-state index contributed by atoms with van der Waals surface area (Å²) in [5.41, 5.74) is 1.14. The first kappa shape index (κ1) is 13.5. The van der Waals surface area contributed by atoms with Crippen molar-refractivity contribution in [2.45, 2.75) is 25.8 Å². The lowest BCUT2D eigenvalue weighted by atomic mass is 9.96. The standard InChI is InChI=1S/C12H21N3O2S/c1-3-13-12(11-7-14-15(2)8-11)6-10-4-5-18(16,17)9-10/h7-8,10,12-13H,3-6,9H2,1-2H3. The number of nitrogens with one attached hydrogen (secondary N) is 1. The van der Waals surface area contributed by atoms with Gasteiger partial charge in [-0.1, -0.05) is 6.92 Å². The fourth-order valence-corrected chi connectivity index (χ4v) is 4.48. The Balaban J connectivity index is 2.03. The average molecular weight is 271 g/mol. The molecule has 6 heteroatoms. The summed E-state index contributed by atoms with van der Waals surface area (Å²) in [4.78, 5) is 0. The number of aryl methyl sites for hydroxylation is 1. The summed E-state index contributed by atoms with van der Waals surface area (Å²) < 4.78 is 24.8. The second-order valence-electron chi connectivity index (χ2n) is 5.06. The van der Waals surface area contributed by atoms with Gasteiger partial charge in [-0.2, -0.15) is 5.10 Å². The minimum absolute atomic E-state index is 0.210. The van der Waals surface area contributed by atoms with Crippen LogP contribution in [0.3, 0.4) is 0 Å². The van der Waals surface area contributed by atoms with Crippen LogP contribution in [0.4, 0.5) is 0 Å². The molecule has 102 valence electrons. The second kappa shape index (κ2) is 5.40. The van der Waals surface area contributed by atoms with Crippen LogP contribution in [0, 0.1) is 5.92 Å². The number of hydrogen-bond donors (Lipinski definition) is 1. The molecule has 1 aromatic rings. The number of rotatable bonds is 5. The van der Waals surface area contributed by atoms with E-state index in [0.29, 0.717) is 11.5 Å². The maximum Gasteiger partial charge on any atom is 0.150 e. The summed E-state index contributed by atoms with van der Waals surface area (Å²) in [6.07, 6.45) is 5.52. The van der Waals surface area contributed by atoms with Crippen LogP contribution in [-0.4, -0.2) is 36.2 Å². The van der Waals surface area contributed by atoms with E-state index < -0.39 is 9.84 Å². The monoisotopic (exact) mass is 271 g/mol.